The first-order chi connectivity index (χ1) is 15.1. The van der Waals surface area contributed by atoms with E-state index in [2.05, 4.69) is 10.1 Å². The van der Waals surface area contributed by atoms with E-state index in [-0.39, 0.29) is 26.9 Å². The molecule has 2 rings (SSSR count). The molecular formula is C20H21ClF2N2O6S. The molecule has 0 fully saturated rings. The number of amides is 1. The van der Waals surface area contributed by atoms with Gasteiger partial charge < -0.3 is 14.8 Å². The third-order valence-corrected chi connectivity index (χ3v) is 6.56. The van der Waals surface area contributed by atoms with E-state index in [1.54, 1.807) is 13.8 Å². The lowest BCUT2D eigenvalue weighted by molar-refractivity contribution is -0.119. The average molecular weight is 491 g/mol. The van der Waals surface area contributed by atoms with Gasteiger partial charge in [-0.2, -0.15) is 13.1 Å². The fourth-order valence-corrected chi connectivity index (χ4v) is 4.34. The quantitative estimate of drug-likeness (QED) is 0.509. The summed E-state index contributed by atoms with van der Waals surface area (Å²) in [5.74, 6) is -1.78. The molecule has 0 atom stereocenters. The number of nitrogens with zero attached hydrogens (tertiary/aromatic N) is 1. The Balaban J connectivity index is 1.95. The third kappa shape index (κ3) is 6.62. The maximum absolute atomic E-state index is 12.5. The summed E-state index contributed by atoms with van der Waals surface area (Å²) in [4.78, 5) is 24.2. The first-order valence-corrected chi connectivity index (χ1v) is 11.2. The van der Waals surface area contributed by atoms with Crippen LogP contribution in [0, 0.1) is 0 Å². The zero-order valence-electron chi connectivity index (χ0n) is 17.2. The smallest absolute Gasteiger partial charge is 0.387 e. The number of alkyl halides is 2. The monoisotopic (exact) mass is 490 g/mol. The second kappa shape index (κ2) is 11.2. The molecule has 0 aliphatic carbocycles. The van der Waals surface area contributed by atoms with Crippen molar-refractivity contribution in [2.75, 3.05) is 25.0 Å². The highest BCUT2D eigenvalue weighted by Crippen LogP contribution is 2.28. The number of esters is 1. The first kappa shape index (κ1) is 25.5. The van der Waals surface area contributed by atoms with Gasteiger partial charge in [-0.1, -0.05) is 25.4 Å². The zero-order chi connectivity index (χ0) is 23.9. The van der Waals surface area contributed by atoms with Gasteiger partial charge in [-0.25, -0.2) is 13.2 Å². The molecule has 12 heteroatoms. The number of rotatable bonds is 10. The van der Waals surface area contributed by atoms with Crippen LogP contribution in [-0.2, 0) is 19.6 Å². The predicted molar refractivity (Wildman–Crippen MR) is 114 cm³/mol. The SMILES string of the molecule is CCN(CC)S(=O)(=O)c1ccc(C(=O)OCC(=O)Nc2ccc(OC(F)F)c(Cl)c2)cc1. The summed E-state index contributed by atoms with van der Waals surface area (Å²) < 4.78 is 59.8. The summed E-state index contributed by atoms with van der Waals surface area (Å²) in [6.45, 7) is 0.384. The highest BCUT2D eigenvalue weighted by atomic mass is 35.5. The van der Waals surface area contributed by atoms with Crippen LogP contribution in [0.1, 0.15) is 24.2 Å². The van der Waals surface area contributed by atoms with E-state index in [9.17, 15) is 26.8 Å². The van der Waals surface area contributed by atoms with Crippen LogP contribution in [0.25, 0.3) is 0 Å². The topological polar surface area (TPSA) is 102 Å². The first-order valence-electron chi connectivity index (χ1n) is 9.40. The van der Waals surface area contributed by atoms with Crippen LogP contribution in [0.15, 0.2) is 47.4 Å². The highest BCUT2D eigenvalue weighted by molar-refractivity contribution is 7.89. The molecule has 174 valence electrons. The van der Waals surface area contributed by atoms with Crippen molar-refractivity contribution in [2.45, 2.75) is 25.4 Å². The molecule has 1 amide bonds. The molecule has 0 radical (unpaired) electrons. The van der Waals surface area contributed by atoms with Gasteiger partial charge in [0.2, 0.25) is 10.0 Å². The number of nitrogens with one attached hydrogen (secondary N) is 1. The summed E-state index contributed by atoms with van der Waals surface area (Å²) in [5.41, 5.74) is 0.247. The molecule has 1 N–H and O–H groups in total. The Morgan fingerprint density at radius 3 is 2.25 bits per heavy atom. The summed E-state index contributed by atoms with van der Waals surface area (Å²) in [5, 5.41) is 2.26. The van der Waals surface area contributed by atoms with Crippen molar-refractivity contribution in [3.05, 3.63) is 53.1 Å². The molecule has 8 nitrogen and oxygen atoms in total. The van der Waals surface area contributed by atoms with Crippen molar-refractivity contribution in [3.8, 4) is 5.75 Å². The van der Waals surface area contributed by atoms with E-state index in [4.69, 9.17) is 16.3 Å². The molecule has 0 heterocycles. The van der Waals surface area contributed by atoms with Gasteiger partial charge in [0.15, 0.2) is 6.61 Å². The largest absolute Gasteiger partial charge is 0.452 e. The molecule has 0 aromatic heterocycles. The molecule has 0 saturated heterocycles. The van der Waals surface area contributed by atoms with Gasteiger partial charge in [-0.05, 0) is 42.5 Å². The number of halogens is 3. The Kier molecular flexibility index (Phi) is 8.93. The average Bonchev–Trinajstić information content (AvgIpc) is 2.74. The van der Waals surface area contributed by atoms with Crippen LogP contribution >= 0.6 is 11.6 Å². The van der Waals surface area contributed by atoms with Crippen molar-refractivity contribution < 1.29 is 36.3 Å². The normalized spacial score (nSPS) is 11.5. The number of carbonyl (C=O) groups excluding carboxylic acids is 2. The second-order valence-electron chi connectivity index (χ2n) is 6.26. The van der Waals surface area contributed by atoms with Crippen molar-refractivity contribution in [2.24, 2.45) is 0 Å². The van der Waals surface area contributed by atoms with Gasteiger partial charge in [-0.15, -0.1) is 0 Å². The molecule has 0 bridgehead atoms. The van der Waals surface area contributed by atoms with E-state index in [0.29, 0.717) is 13.1 Å². The third-order valence-electron chi connectivity index (χ3n) is 4.20. The minimum absolute atomic E-state index is 0.0339. The van der Waals surface area contributed by atoms with E-state index in [1.165, 1.54) is 40.7 Å². The number of anilines is 1. The fourth-order valence-electron chi connectivity index (χ4n) is 2.66. The Hall–Kier alpha value is -2.76. The van der Waals surface area contributed by atoms with Crippen molar-refractivity contribution >= 4 is 39.2 Å². The van der Waals surface area contributed by atoms with Crippen molar-refractivity contribution in [3.63, 3.8) is 0 Å². The standard InChI is InChI=1S/C20H21ClF2N2O6S/c1-3-25(4-2)32(28,29)15-8-5-13(6-9-15)19(27)30-12-18(26)24-14-7-10-17(16(21)11-14)31-20(22)23/h5-11,20H,3-4,12H2,1-2H3,(H,24,26). The number of ether oxygens (including phenoxy) is 2. The molecule has 2 aromatic carbocycles. The van der Waals surface area contributed by atoms with E-state index < -0.39 is 35.1 Å². The predicted octanol–water partition coefficient (Wildman–Crippen LogP) is 3.77. The van der Waals surface area contributed by atoms with Crippen molar-refractivity contribution in [1.82, 2.24) is 4.31 Å². The van der Waals surface area contributed by atoms with Crippen LogP contribution in [0.3, 0.4) is 0 Å². The van der Waals surface area contributed by atoms with Gasteiger partial charge >= 0.3 is 12.6 Å². The van der Waals surface area contributed by atoms with Gasteiger partial charge in [-0.3, -0.25) is 4.79 Å². The Labute approximate surface area is 189 Å². The van der Waals surface area contributed by atoms with Gasteiger partial charge in [0.05, 0.1) is 15.5 Å². The molecule has 0 aliphatic rings. The molecule has 2 aromatic rings. The highest BCUT2D eigenvalue weighted by Gasteiger charge is 2.22. The number of carbonyl (C=O) groups is 2. The Morgan fingerprint density at radius 1 is 1.09 bits per heavy atom. The molecule has 0 saturated carbocycles. The van der Waals surface area contributed by atoms with Gasteiger partial charge in [0.25, 0.3) is 5.91 Å². The molecule has 32 heavy (non-hydrogen) atoms. The number of benzene rings is 2. The maximum atomic E-state index is 12.5. The van der Waals surface area contributed by atoms with Crippen LogP contribution in [0.2, 0.25) is 5.02 Å². The summed E-state index contributed by atoms with van der Waals surface area (Å²) in [7, 11) is -3.66. The van der Waals surface area contributed by atoms with Crippen LogP contribution < -0.4 is 10.1 Å². The van der Waals surface area contributed by atoms with E-state index in [0.717, 1.165) is 6.07 Å². The lowest BCUT2D eigenvalue weighted by Crippen LogP contribution is -2.30. The van der Waals surface area contributed by atoms with E-state index in [1.807, 2.05) is 0 Å². The van der Waals surface area contributed by atoms with E-state index >= 15 is 0 Å². The minimum atomic E-state index is -3.66. The molecule has 0 unspecified atom stereocenters. The zero-order valence-corrected chi connectivity index (χ0v) is 18.8. The Bertz CT molecular complexity index is 1060. The number of hydrogen-bond acceptors (Lipinski definition) is 6. The molecular weight excluding hydrogens is 470 g/mol. The second-order valence-corrected chi connectivity index (χ2v) is 8.61. The lowest BCUT2D eigenvalue weighted by atomic mass is 10.2. The van der Waals surface area contributed by atoms with Gasteiger partial charge in [0.1, 0.15) is 5.75 Å². The summed E-state index contributed by atoms with van der Waals surface area (Å²) >= 11 is 5.81. The van der Waals surface area contributed by atoms with Crippen LogP contribution in [0.4, 0.5) is 14.5 Å². The van der Waals surface area contributed by atoms with Crippen LogP contribution in [0.5, 0.6) is 5.75 Å². The number of hydrogen-bond donors (Lipinski definition) is 1. The van der Waals surface area contributed by atoms with Crippen LogP contribution in [-0.4, -0.2) is 50.9 Å². The fraction of sp³-hybridized carbons (Fsp3) is 0.300. The minimum Gasteiger partial charge on any atom is -0.452 e. The summed E-state index contributed by atoms with van der Waals surface area (Å²) in [6.07, 6.45) is 0. The molecule has 0 spiro atoms. The maximum Gasteiger partial charge on any atom is 0.387 e. The summed E-state index contributed by atoms with van der Waals surface area (Å²) in [6, 6.07) is 8.80. The molecule has 0 aliphatic heterocycles. The lowest BCUT2D eigenvalue weighted by Gasteiger charge is -2.18. The Morgan fingerprint density at radius 2 is 1.72 bits per heavy atom. The number of sulfonamides is 1. The van der Waals surface area contributed by atoms with Crippen molar-refractivity contribution in [1.29, 1.82) is 0 Å². The van der Waals surface area contributed by atoms with Gasteiger partial charge in [0, 0.05) is 18.8 Å².